The zero-order valence-electron chi connectivity index (χ0n) is 10.9. The van der Waals surface area contributed by atoms with Crippen LogP contribution in [0.1, 0.15) is 12.0 Å². The maximum Gasteiger partial charge on any atom is 0.246 e. The first-order chi connectivity index (χ1) is 9.56. The Bertz CT molecular complexity index is 586. The molecule has 1 aromatic carbocycles. The van der Waals surface area contributed by atoms with Gasteiger partial charge in [0.15, 0.2) is 11.5 Å². The molecule has 0 saturated carbocycles. The number of phenols is 1. The van der Waals surface area contributed by atoms with E-state index in [4.69, 9.17) is 9.47 Å². The fourth-order valence-corrected chi connectivity index (χ4v) is 2.26. The third kappa shape index (κ3) is 2.05. The van der Waals surface area contributed by atoms with Crippen molar-refractivity contribution in [3.63, 3.8) is 0 Å². The second-order valence-corrected chi connectivity index (χ2v) is 4.76. The van der Waals surface area contributed by atoms with Crippen LogP contribution >= 0.6 is 0 Å². The monoisotopic (exact) mass is 278 g/mol. The molecule has 20 heavy (non-hydrogen) atoms. The van der Waals surface area contributed by atoms with E-state index in [0.717, 1.165) is 4.90 Å². The summed E-state index contributed by atoms with van der Waals surface area (Å²) in [6, 6.07) is 2.60. The number of carbonyl (C=O) groups is 2. The lowest BCUT2D eigenvalue weighted by Crippen LogP contribution is -2.36. The predicted molar refractivity (Wildman–Crippen MR) is 67.3 cm³/mol. The van der Waals surface area contributed by atoms with Crippen LogP contribution < -0.4 is 14.8 Å². The number of likely N-dealkylation sites (tertiary alicyclic amines) is 1. The zero-order chi connectivity index (χ0) is 14.3. The van der Waals surface area contributed by atoms with Gasteiger partial charge in [-0.15, -0.1) is 0 Å². The maximum absolute atomic E-state index is 11.7. The number of rotatable bonds is 3. The van der Waals surface area contributed by atoms with Crippen molar-refractivity contribution in [2.45, 2.75) is 19.0 Å². The van der Waals surface area contributed by atoms with E-state index < -0.39 is 6.04 Å². The van der Waals surface area contributed by atoms with Crippen molar-refractivity contribution in [1.29, 1.82) is 0 Å². The second kappa shape index (κ2) is 4.68. The number of amides is 2. The van der Waals surface area contributed by atoms with Gasteiger partial charge in [0, 0.05) is 25.2 Å². The van der Waals surface area contributed by atoms with Gasteiger partial charge in [-0.2, -0.15) is 0 Å². The van der Waals surface area contributed by atoms with Gasteiger partial charge in [0.25, 0.3) is 0 Å². The van der Waals surface area contributed by atoms with Crippen LogP contribution in [-0.2, 0) is 16.1 Å². The number of imide groups is 1. The Morgan fingerprint density at radius 3 is 2.70 bits per heavy atom. The first kappa shape index (κ1) is 12.7. The molecule has 1 fully saturated rings. The molecule has 7 heteroatoms. The minimum absolute atomic E-state index is 0.0619. The normalized spacial score (nSPS) is 20.9. The third-order valence-electron chi connectivity index (χ3n) is 3.49. The van der Waals surface area contributed by atoms with E-state index in [1.165, 1.54) is 13.1 Å². The SMILES string of the molecule is CN1C(=O)CC(NCc2cc3c(cc2O)OCO3)C1=O. The number of hydrogen-bond acceptors (Lipinski definition) is 6. The standard InChI is InChI=1S/C13H14N2O5/c1-15-12(17)3-8(13(15)18)14-5-7-2-10-11(4-9(7)16)20-6-19-10/h2,4,8,14,16H,3,5-6H2,1H3. The number of nitrogens with one attached hydrogen (secondary N) is 1. The fourth-order valence-electron chi connectivity index (χ4n) is 2.26. The molecule has 1 aromatic rings. The summed E-state index contributed by atoms with van der Waals surface area (Å²) >= 11 is 0. The molecule has 0 aliphatic carbocycles. The molecule has 2 aliphatic heterocycles. The van der Waals surface area contributed by atoms with Crippen molar-refractivity contribution in [3.8, 4) is 17.2 Å². The van der Waals surface area contributed by atoms with Gasteiger partial charge in [-0.25, -0.2) is 0 Å². The van der Waals surface area contributed by atoms with E-state index in [2.05, 4.69) is 5.32 Å². The summed E-state index contributed by atoms with van der Waals surface area (Å²) in [4.78, 5) is 24.3. The molecule has 1 unspecified atom stereocenters. The zero-order valence-corrected chi connectivity index (χ0v) is 10.9. The summed E-state index contributed by atoms with van der Waals surface area (Å²) in [5.41, 5.74) is 0.587. The van der Waals surface area contributed by atoms with Crippen LogP contribution in [0.25, 0.3) is 0 Å². The van der Waals surface area contributed by atoms with Crippen molar-refractivity contribution in [2.24, 2.45) is 0 Å². The van der Waals surface area contributed by atoms with Crippen LogP contribution in [0.4, 0.5) is 0 Å². The summed E-state index contributed by atoms with van der Waals surface area (Å²) in [6.07, 6.45) is 0.140. The van der Waals surface area contributed by atoms with E-state index in [-0.39, 0.29) is 37.3 Å². The molecule has 0 bridgehead atoms. The second-order valence-electron chi connectivity index (χ2n) is 4.76. The molecular weight excluding hydrogens is 264 g/mol. The topological polar surface area (TPSA) is 88.1 Å². The van der Waals surface area contributed by atoms with Crippen molar-refractivity contribution < 1.29 is 24.2 Å². The first-order valence-corrected chi connectivity index (χ1v) is 6.21. The van der Waals surface area contributed by atoms with Crippen molar-refractivity contribution >= 4 is 11.8 Å². The molecule has 3 rings (SSSR count). The Morgan fingerprint density at radius 2 is 2.05 bits per heavy atom. The average Bonchev–Trinajstić information content (AvgIpc) is 2.96. The molecule has 2 heterocycles. The molecule has 1 saturated heterocycles. The third-order valence-corrected chi connectivity index (χ3v) is 3.49. The Hall–Kier alpha value is -2.28. The minimum atomic E-state index is -0.544. The van der Waals surface area contributed by atoms with Crippen LogP contribution in [0.2, 0.25) is 0 Å². The molecule has 106 valence electrons. The van der Waals surface area contributed by atoms with Gasteiger partial charge in [0.2, 0.25) is 18.6 Å². The maximum atomic E-state index is 11.7. The number of aromatic hydroxyl groups is 1. The van der Waals surface area contributed by atoms with Gasteiger partial charge in [-0.3, -0.25) is 14.5 Å². The minimum Gasteiger partial charge on any atom is -0.507 e. The smallest absolute Gasteiger partial charge is 0.246 e. The Balaban J connectivity index is 1.70. The lowest BCUT2D eigenvalue weighted by atomic mass is 10.1. The highest BCUT2D eigenvalue weighted by Crippen LogP contribution is 2.37. The van der Waals surface area contributed by atoms with Crippen LogP contribution in [-0.4, -0.2) is 41.7 Å². The summed E-state index contributed by atoms with van der Waals surface area (Å²) in [6.45, 7) is 0.395. The molecule has 0 radical (unpaired) electrons. The lowest BCUT2D eigenvalue weighted by Gasteiger charge is -2.12. The Labute approximate surface area is 115 Å². The van der Waals surface area contributed by atoms with E-state index in [1.807, 2.05) is 0 Å². The number of benzene rings is 1. The van der Waals surface area contributed by atoms with Gasteiger partial charge in [0.1, 0.15) is 5.75 Å². The number of nitrogens with zero attached hydrogens (tertiary/aromatic N) is 1. The van der Waals surface area contributed by atoms with Crippen LogP contribution in [0, 0.1) is 0 Å². The highest BCUT2D eigenvalue weighted by molar-refractivity contribution is 6.05. The number of likely N-dealkylation sites (N-methyl/N-ethyl adjacent to an activating group) is 1. The fraction of sp³-hybridized carbons (Fsp3) is 0.385. The van der Waals surface area contributed by atoms with Crippen LogP contribution in [0.15, 0.2) is 12.1 Å². The highest BCUT2D eigenvalue weighted by atomic mass is 16.7. The highest BCUT2D eigenvalue weighted by Gasteiger charge is 2.35. The van der Waals surface area contributed by atoms with E-state index in [1.54, 1.807) is 6.07 Å². The quantitative estimate of drug-likeness (QED) is 0.755. The Morgan fingerprint density at radius 1 is 1.35 bits per heavy atom. The molecule has 0 aromatic heterocycles. The number of phenolic OH excluding ortho intramolecular Hbond substituents is 1. The van der Waals surface area contributed by atoms with Gasteiger partial charge in [-0.1, -0.05) is 0 Å². The molecular formula is C13H14N2O5. The summed E-state index contributed by atoms with van der Waals surface area (Å²) < 4.78 is 10.4. The van der Waals surface area contributed by atoms with Crippen molar-refractivity contribution in [1.82, 2.24) is 10.2 Å². The molecule has 7 nitrogen and oxygen atoms in total. The Kier molecular flexibility index (Phi) is 2.98. The van der Waals surface area contributed by atoms with Gasteiger partial charge >= 0.3 is 0 Å². The largest absolute Gasteiger partial charge is 0.507 e. The van der Waals surface area contributed by atoms with Crippen LogP contribution in [0.5, 0.6) is 17.2 Å². The van der Waals surface area contributed by atoms with E-state index >= 15 is 0 Å². The molecule has 2 N–H and O–H groups in total. The van der Waals surface area contributed by atoms with Crippen molar-refractivity contribution in [3.05, 3.63) is 17.7 Å². The average molecular weight is 278 g/mol. The summed E-state index contributed by atoms with van der Waals surface area (Å²) in [5, 5.41) is 12.9. The number of hydrogen-bond donors (Lipinski definition) is 2. The molecule has 1 atom stereocenters. The summed E-state index contributed by atoms with van der Waals surface area (Å²) in [5.74, 6) is 0.660. The van der Waals surface area contributed by atoms with Gasteiger partial charge in [0.05, 0.1) is 12.5 Å². The van der Waals surface area contributed by atoms with Crippen LogP contribution in [0.3, 0.4) is 0 Å². The lowest BCUT2D eigenvalue weighted by molar-refractivity contribution is -0.137. The molecule has 2 aliphatic rings. The summed E-state index contributed by atoms with van der Waals surface area (Å²) in [7, 11) is 1.46. The van der Waals surface area contributed by atoms with Gasteiger partial charge < -0.3 is 19.9 Å². The predicted octanol–water partition coefficient (Wildman–Crippen LogP) is -0.0322. The number of ether oxygens (including phenoxy) is 2. The first-order valence-electron chi connectivity index (χ1n) is 6.21. The molecule has 0 spiro atoms. The number of fused-ring (bicyclic) bond motifs is 1. The van der Waals surface area contributed by atoms with E-state index in [9.17, 15) is 14.7 Å². The van der Waals surface area contributed by atoms with Gasteiger partial charge in [-0.05, 0) is 6.07 Å². The molecule has 2 amide bonds. The number of carbonyl (C=O) groups excluding carboxylic acids is 2. The van der Waals surface area contributed by atoms with Crippen molar-refractivity contribution in [2.75, 3.05) is 13.8 Å². The van der Waals surface area contributed by atoms with E-state index in [0.29, 0.717) is 17.1 Å².